The van der Waals surface area contributed by atoms with Gasteiger partial charge in [0.15, 0.2) is 5.96 Å². The van der Waals surface area contributed by atoms with Gasteiger partial charge < -0.3 is 5.73 Å². The molecule has 0 aliphatic heterocycles. The van der Waals surface area contributed by atoms with E-state index in [1.807, 2.05) is 0 Å². The monoisotopic (exact) mass is 414 g/mol. The van der Waals surface area contributed by atoms with Crippen LogP contribution in [0.1, 0.15) is 77.0 Å². The Morgan fingerprint density at radius 2 is 1.86 bits per heavy atom. The first-order chi connectivity index (χ1) is 13.3. The summed E-state index contributed by atoms with van der Waals surface area (Å²) >= 11 is 0. The van der Waals surface area contributed by atoms with E-state index in [9.17, 15) is 13.2 Å². The molecule has 3 atom stereocenters. The van der Waals surface area contributed by atoms with E-state index in [1.54, 1.807) is 7.05 Å². The predicted octanol–water partition coefficient (Wildman–Crippen LogP) is 2.62. The van der Waals surface area contributed by atoms with Crippen molar-refractivity contribution < 1.29 is 13.2 Å². The highest BCUT2D eigenvalue weighted by atomic mass is 32.2. The first-order valence-corrected chi connectivity index (χ1v) is 12.6. The molecule has 3 N–H and O–H groups in total. The predicted molar refractivity (Wildman–Crippen MR) is 113 cm³/mol. The van der Waals surface area contributed by atoms with Crippen molar-refractivity contribution in [3.63, 3.8) is 0 Å². The Bertz CT molecular complexity index is 617. The minimum Gasteiger partial charge on any atom is -0.369 e. The average molecular weight is 415 g/mol. The van der Waals surface area contributed by atoms with Gasteiger partial charge in [0.2, 0.25) is 16.4 Å². The number of rotatable bonds is 9. The fraction of sp³-hybridized carbons (Fsp3) is 0.900. The van der Waals surface area contributed by atoms with Gasteiger partial charge in [-0.05, 0) is 43.9 Å². The zero-order valence-electron chi connectivity index (χ0n) is 17.5. The number of amides is 1. The van der Waals surface area contributed by atoms with Gasteiger partial charge in [-0.2, -0.15) is 0 Å². The largest absolute Gasteiger partial charge is 0.369 e. The number of sulfonamides is 1. The van der Waals surface area contributed by atoms with E-state index < -0.39 is 10.0 Å². The van der Waals surface area contributed by atoms with E-state index in [0.29, 0.717) is 12.3 Å². The van der Waals surface area contributed by atoms with Crippen LogP contribution in [0.15, 0.2) is 4.99 Å². The van der Waals surface area contributed by atoms with Crippen molar-refractivity contribution in [2.24, 2.45) is 22.6 Å². The molecule has 0 bridgehead atoms. The Morgan fingerprint density at radius 1 is 1.18 bits per heavy atom. The third kappa shape index (κ3) is 8.47. The van der Waals surface area contributed by atoms with Crippen molar-refractivity contribution in [1.82, 2.24) is 9.62 Å². The first-order valence-electron chi connectivity index (χ1n) is 10.8. The summed E-state index contributed by atoms with van der Waals surface area (Å²) in [6.07, 6.45) is 15.5. The second-order valence-electron chi connectivity index (χ2n) is 8.79. The maximum absolute atomic E-state index is 11.6. The summed E-state index contributed by atoms with van der Waals surface area (Å²) in [7, 11) is -1.56. The standard InChI is InChI=1S/C20H38N4O3S/c1-24(15-25)20(21)22-18(12-11-16-7-4-3-5-8-16)13-17-9-6-10-19(14-17)23-28(2,26)27/h15-19,23H,3-14H2,1-2H3,(H2,21,22)/t17-,18-,19-/m1/s1. The molecule has 7 nitrogen and oxygen atoms in total. The lowest BCUT2D eigenvalue weighted by molar-refractivity contribution is -0.114. The molecule has 2 rings (SSSR count). The molecule has 0 radical (unpaired) electrons. The number of guanidine groups is 1. The van der Waals surface area contributed by atoms with Crippen LogP contribution in [0.3, 0.4) is 0 Å². The lowest BCUT2D eigenvalue weighted by Gasteiger charge is -2.31. The van der Waals surface area contributed by atoms with E-state index in [1.165, 1.54) is 43.3 Å². The van der Waals surface area contributed by atoms with Crippen molar-refractivity contribution >= 4 is 22.4 Å². The summed E-state index contributed by atoms with van der Waals surface area (Å²) in [4.78, 5) is 17.0. The summed E-state index contributed by atoms with van der Waals surface area (Å²) in [6.45, 7) is 0. The minimum atomic E-state index is -3.18. The highest BCUT2D eigenvalue weighted by Gasteiger charge is 2.27. The van der Waals surface area contributed by atoms with Crippen LogP contribution >= 0.6 is 0 Å². The van der Waals surface area contributed by atoms with Crippen LogP contribution in [0.25, 0.3) is 0 Å². The Balaban J connectivity index is 1.97. The SMILES string of the molecule is CN(C=O)C(N)=N[C@H](CCC1CCCCC1)C[C@H]1CCC[C@@H](NS(C)(=O)=O)C1. The third-order valence-electron chi connectivity index (χ3n) is 6.24. The van der Waals surface area contributed by atoms with Gasteiger partial charge in [-0.25, -0.2) is 18.1 Å². The Kier molecular flexibility index (Phi) is 9.21. The van der Waals surface area contributed by atoms with Crippen LogP contribution in [-0.2, 0) is 14.8 Å². The quantitative estimate of drug-likeness (QED) is 0.344. The number of hydrogen-bond donors (Lipinski definition) is 2. The molecular formula is C20H38N4O3S. The van der Waals surface area contributed by atoms with E-state index in [0.717, 1.165) is 50.9 Å². The molecule has 0 heterocycles. The molecule has 0 aromatic heterocycles. The normalized spacial score (nSPS) is 26.0. The second kappa shape index (κ2) is 11.1. The number of nitrogens with zero attached hydrogens (tertiary/aromatic N) is 2. The van der Waals surface area contributed by atoms with E-state index in [4.69, 9.17) is 5.73 Å². The van der Waals surface area contributed by atoms with Gasteiger partial charge in [0, 0.05) is 13.1 Å². The van der Waals surface area contributed by atoms with Gasteiger partial charge in [-0.15, -0.1) is 0 Å². The van der Waals surface area contributed by atoms with Gasteiger partial charge in [0.25, 0.3) is 0 Å². The number of hydrogen-bond acceptors (Lipinski definition) is 4. The minimum absolute atomic E-state index is 0.0201. The highest BCUT2D eigenvalue weighted by molar-refractivity contribution is 7.88. The molecule has 28 heavy (non-hydrogen) atoms. The van der Waals surface area contributed by atoms with Crippen molar-refractivity contribution in [2.45, 2.75) is 89.1 Å². The zero-order chi connectivity index (χ0) is 20.6. The Morgan fingerprint density at radius 3 is 2.50 bits per heavy atom. The topological polar surface area (TPSA) is 105 Å². The van der Waals surface area contributed by atoms with E-state index in [-0.39, 0.29) is 18.0 Å². The zero-order valence-corrected chi connectivity index (χ0v) is 18.3. The molecule has 0 aromatic carbocycles. The molecule has 2 aliphatic carbocycles. The summed E-state index contributed by atoms with van der Waals surface area (Å²) in [6, 6.07) is 0.109. The molecule has 8 heteroatoms. The van der Waals surface area contributed by atoms with Gasteiger partial charge >= 0.3 is 0 Å². The Hall–Kier alpha value is -1.15. The molecule has 2 aliphatic rings. The van der Waals surface area contributed by atoms with Crippen LogP contribution in [0, 0.1) is 11.8 Å². The van der Waals surface area contributed by atoms with Gasteiger partial charge in [-0.3, -0.25) is 9.69 Å². The molecule has 1 amide bonds. The average Bonchev–Trinajstić information content (AvgIpc) is 2.65. The van der Waals surface area contributed by atoms with Crippen molar-refractivity contribution in [1.29, 1.82) is 0 Å². The number of carbonyl (C=O) groups is 1. The van der Waals surface area contributed by atoms with Crippen LogP contribution in [0.5, 0.6) is 0 Å². The van der Waals surface area contributed by atoms with Gasteiger partial charge in [-0.1, -0.05) is 44.9 Å². The number of carbonyl (C=O) groups excluding carboxylic acids is 1. The number of nitrogens with two attached hydrogens (primary N) is 1. The molecule has 0 spiro atoms. The second-order valence-corrected chi connectivity index (χ2v) is 10.6. The number of nitrogens with one attached hydrogen (secondary N) is 1. The molecule has 0 saturated heterocycles. The van der Waals surface area contributed by atoms with Crippen LogP contribution in [0.2, 0.25) is 0 Å². The Labute approximate surface area is 170 Å². The first kappa shape index (κ1) is 23.1. The van der Waals surface area contributed by atoms with E-state index in [2.05, 4.69) is 9.71 Å². The lowest BCUT2D eigenvalue weighted by Crippen LogP contribution is -2.38. The molecule has 0 unspecified atom stereocenters. The summed E-state index contributed by atoms with van der Waals surface area (Å²) < 4.78 is 25.9. The molecule has 0 aromatic rings. The lowest BCUT2D eigenvalue weighted by atomic mass is 9.80. The van der Waals surface area contributed by atoms with Crippen molar-refractivity contribution in [3.05, 3.63) is 0 Å². The smallest absolute Gasteiger partial charge is 0.216 e. The van der Waals surface area contributed by atoms with Crippen molar-refractivity contribution in [3.8, 4) is 0 Å². The maximum Gasteiger partial charge on any atom is 0.216 e. The fourth-order valence-corrected chi connectivity index (χ4v) is 5.59. The molecule has 2 fully saturated rings. The third-order valence-corrected chi connectivity index (χ3v) is 7.00. The van der Waals surface area contributed by atoms with Crippen LogP contribution < -0.4 is 10.5 Å². The number of aliphatic imine (C=N–C) groups is 1. The van der Waals surface area contributed by atoms with Crippen LogP contribution in [0.4, 0.5) is 0 Å². The van der Waals surface area contributed by atoms with Gasteiger partial charge in [0.1, 0.15) is 0 Å². The van der Waals surface area contributed by atoms with Gasteiger partial charge in [0.05, 0.1) is 12.3 Å². The molecule has 162 valence electrons. The maximum atomic E-state index is 11.6. The molecule has 2 saturated carbocycles. The summed E-state index contributed by atoms with van der Waals surface area (Å²) in [5, 5.41) is 0. The fourth-order valence-electron chi connectivity index (χ4n) is 4.77. The van der Waals surface area contributed by atoms with E-state index >= 15 is 0 Å². The van der Waals surface area contributed by atoms with Crippen molar-refractivity contribution in [2.75, 3.05) is 13.3 Å². The summed E-state index contributed by atoms with van der Waals surface area (Å²) in [5.41, 5.74) is 6.01. The van der Waals surface area contributed by atoms with Crippen LogP contribution in [-0.4, -0.2) is 51.1 Å². The summed E-state index contributed by atoms with van der Waals surface area (Å²) in [5.74, 6) is 1.48. The molecular weight excluding hydrogens is 376 g/mol. The highest BCUT2D eigenvalue weighted by Crippen LogP contribution is 2.32.